The van der Waals surface area contributed by atoms with Crippen molar-refractivity contribution >= 4 is 21.6 Å². The molecule has 1 aliphatic heterocycles. The Hall–Kier alpha value is -1.36. The topological polar surface area (TPSA) is 37.4 Å². The van der Waals surface area contributed by atoms with Crippen molar-refractivity contribution in [3.63, 3.8) is 0 Å². The first kappa shape index (κ1) is 18.4. The molecule has 1 atom stereocenters. The molecule has 2 aromatic carbocycles. The summed E-state index contributed by atoms with van der Waals surface area (Å²) in [4.78, 5) is 0.396. The quantitative estimate of drug-likeness (QED) is 0.761. The van der Waals surface area contributed by atoms with Gasteiger partial charge >= 0.3 is 0 Å². The molecule has 0 aliphatic carbocycles. The number of benzene rings is 2. The number of hydrogen-bond acceptors (Lipinski definition) is 2. The third-order valence-corrected chi connectivity index (χ3v) is 7.20. The molecule has 1 heterocycles. The zero-order chi connectivity index (χ0) is 18.0. The van der Waals surface area contributed by atoms with Gasteiger partial charge in [-0.25, -0.2) is 8.42 Å². The summed E-state index contributed by atoms with van der Waals surface area (Å²) in [5, 5.41) is 0.706. The summed E-state index contributed by atoms with van der Waals surface area (Å²) in [7, 11) is -3.47. The average molecular weight is 378 g/mol. The molecular weight excluding hydrogens is 354 g/mol. The lowest BCUT2D eigenvalue weighted by atomic mass is 9.95. The fraction of sp³-hybridized carbons (Fsp3) is 0.400. The van der Waals surface area contributed by atoms with Gasteiger partial charge in [0.2, 0.25) is 10.0 Å². The molecule has 1 aliphatic rings. The van der Waals surface area contributed by atoms with Crippen LogP contribution in [0.3, 0.4) is 0 Å². The second-order valence-electron chi connectivity index (χ2n) is 6.85. The lowest BCUT2D eigenvalue weighted by Crippen LogP contribution is -2.34. The molecule has 134 valence electrons. The molecular formula is C20H24ClNO2S. The molecule has 1 fully saturated rings. The maximum absolute atomic E-state index is 13.1. The fourth-order valence-corrected chi connectivity index (χ4v) is 5.09. The summed E-state index contributed by atoms with van der Waals surface area (Å²) in [5.41, 5.74) is 3.27. The van der Waals surface area contributed by atoms with Crippen molar-refractivity contribution < 1.29 is 8.42 Å². The van der Waals surface area contributed by atoms with Crippen molar-refractivity contribution in [2.24, 2.45) is 0 Å². The number of nitrogens with zero attached hydrogens (tertiary/aromatic N) is 1. The van der Waals surface area contributed by atoms with Gasteiger partial charge in [-0.05, 0) is 73.6 Å². The highest BCUT2D eigenvalue weighted by molar-refractivity contribution is 7.89. The number of rotatable bonds is 3. The van der Waals surface area contributed by atoms with Crippen LogP contribution in [0.25, 0.3) is 0 Å². The molecule has 0 spiro atoms. The molecule has 0 N–H and O–H groups in total. The second kappa shape index (κ2) is 7.48. The molecule has 0 aromatic heterocycles. The van der Waals surface area contributed by atoms with E-state index in [1.807, 2.05) is 44.2 Å². The Morgan fingerprint density at radius 2 is 1.72 bits per heavy atom. The molecule has 5 heteroatoms. The minimum absolute atomic E-state index is 0.209. The number of aryl methyl sites for hydroxylation is 2. The van der Waals surface area contributed by atoms with Crippen LogP contribution in [-0.2, 0) is 10.0 Å². The van der Waals surface area contributed by atoms with Crippen molar-refractivity contribution in [1.29, 1.82) is 0 Å². The van der Waals surface area contributed by atoms with Gasteiger partial charge in [0.1, 0.15) is 0 Å². The number of hydrogen-bond donors (Lipinski definition) is 0. The molecule has 0 saturated carbocycles. The van der Waals surface area contributed by atoms with E-state index in [1.54, 1.807) is 16.4 Å². The Morgan fingerprint density at radius 1 is 1.00 bits per heavy atom. The summed E-state index contributed by atoms with van der Waals surface area (Å²) >= 11 is 5.99. The van der Waals surface area contributed by atoms with Crippen molar-refractivity contribution in [3.05, 3.63) is 64.2 Å². The van der Waals surface area contributed by atoms with E-state index in [4.69, 9.17) is 11.6 Å². The summed E-state index contributed by atoms with van der Waals surface area (Å²) in [6.45, 7) is 5.05. The highest BCUT2D eigenvalue weighted by atomic mass is 35.5. The molecule has 0 radical (unpaired) electrons. The van der Waals surface area contributed by atoms with E-state index in [0.29, 0.717) is 23.0 Å². The smallest absolute Gasteiger partial charge is 0.207 e. The van der Waals surface area contributed by atoms with Crippen LogP contribution in [0.15, 0.2) is 47.4 Å². The molecule has 0 bridgehead atoms. The average Bonchev–Trinajstić information content (AvgIpc) is 2.84. The van der Waals surface area contributed by atoms with E-state index in [2.05, 4.69) is 0 Å². The highest BCUT2D eigenvalue weighted by Gasteiger charge is 2.29. The molecule has 0 amide bonds. The first-order valence-corrected chi connectivity index (χ1v) is 10.5. The normalized spacial score (nSPS) is 19.6. The molecule has 2 aromatic rings. The van der Waals surface area contributed by atoms with E-state index < -0.39 is 10.0 Å². The fourth-order valence-electron chi connectivity index (χ4n) is 3.36. The SMILES string of the molecule is Cc1ccc(S(=O)(=O)N2CCCCC(c3ccc(Cl)cc3)C2)cc1C. The molecule has 3 nitrogen and oxygen atoms in total. The first-order chi connectivity index (χ1) is 11.9. The first-order valence-electron chi connectivity index (χ1n) is 8.71. The van der Waals surface area contributed by atoms with Crippen molar-refractivity contribution in [2.45, 2.75) is 43.9 Å². The van der Waals surface area contributed by atoms with Gasteiger partial charge in [-0.2, -0.15) is 4.31 Å². The summed E-state index contributed by atoms with van der Waals surface area (Å²) in [5.74, 6) is 0.209. The van der Waals surface area contributed by atoms with E-state index in [-0.39, 0.29) is 5.92 Å². The molecule has 25 heavy (non-hydrogen) atoms. The van der Waals surface area contributed by atoms with Crippen molar-refractivity contribution in [3.8, 4) is 0 Å². The van der Waals surface area contributed by atoms with Gasteiger partial charge in [0, 0.05) is 18.1 Å². The summed E-state index contributed by atoms with van der Waals surface area (Å²) in [6, 6.07) is 13.2. The van der Waals surface area contributed by atoms with Gasteiger partial charge in [0.05, 0.1) is 4.90 Å². The Balaban J connectivity index is 1.89. The lowest BCUT2D eigenvalue weighted by Gasteiger charge is -2.24. The third kappa shape index (κ3) is 4.08. The third-order valence-electron chi connectivity index (χ3n) is 5.09. The predicted molar refractivity (Wildman–Crippen MR) is 103 cm³/mol. The largest absolute Gasteiger partial charge is 0.243 e. The second-order valence-corrected chi connectivity index (χ2v) is 9.23. The predicted octanol–water partition coefficient (Wildman–Crippen LogP) is 4.92. The maximum Gasteiger partial charge on any atom is 0.243 e. The molecule has 1 saturated heterocycles. The van der Waals surface area contributed by atoms with Gasteiger partial charge in [0.15, 0.2) is 0 Å². The Bertz CT molecular complexity index is 846. The van der Waals surface area contributed by atoms with Crippen LogP contribution in [0.1, 0.15) is 41.9 Å². The van der Waals surface area contributed by atoms with Crippen molar-refractivity contribution in [2.75, 3.05) is 13.1 Å². The zero-order valence-corrected chi connectivity index (χ0v) is 16.3. The molecule has 3 rings (SSSR count). The van der Waals surface area contributed by atoms with Crippen LogP contribution < -0.4 is 0 Å². The lowest BCUT2D eigenvalue weighted by molar-refractivity contribution is 0.406. The van der Waals surface area contributed by atoms with Gasteiger partial charge in [-0.1, -0.05) is 36.2 Å². The van der Waals surface area contributed by atoms with Crippen LogP contribution in [-0.4, -0.2) is 25.8 Å². The Morgan fingerprint density at radius 3 is 2.40 bits per heavy atom. The highest BCUT2D eigenvalue weighted by Crippen LogP contribution is 2.30. The van der Waals surface area contributed by atoms with Crippen LogP contribution >= 0.6 is 11.6 Å². The van der Waals surface area contributed by atoms with Gasteiger partial charge < -0.3 is 0 Å². The summed E-state index contributed by atoms with van der Waals surface area (Å²) in [6.07, 6.45) is 2.93. The van der Waals surface area contributed by atoms with Crippen LogP contribution in [0, 0.1) is 13.8 Å². The Labute approximate surface area is 155 Å². The van der Waals surface area contributed by atoms with Crippen LogP contribution in [0.4, 0.5) is 0 Å². The van der Waals surface area contributed by atoms with E-state index in [1.165, 1.54) is 0 Å². The standard InChI is InChI=1S/C20H24ClNO2S/c1-15-6-11-20(13-16(15)2)25(23,24)22-12-4-3-5-18(14-22)17-7-9-19(21)10-8-17/h6-11,13,18H,3-5,12,14H2,1-2H3. The van der Waals surface area contributed by atoms with Gasteiger partial charge in [-0.15, -0.1) is 0 Å². The zero-order valence-electron chi connectivity index (χ0n) is 14.7. The summed E-state index contributed by atoms with van der Waals surface area (Å²) < 4.78 is 27.9. The monoisotopic (exact) mass is 377 g/mol. The van der Waals surface area contributed by atoms with E-state index >= 15 is 0 Å². The van der Waals surface area contributed by atoms with E-state index in [0.717, 1.165) is 36.0 Å². The maximum atomic E-state index is 13.1. The van der Waals surface area contributed by atoms with Gasteiger partial charge in [0.25, 0.3) is 0 Å². The minimum atomic E-state index is -3.47. The van der Waals surface area contributed by atoms with Crippen molar-refractivity contribution in [1.82, 2.24) is 4.31 Å². The van der Waals surface area contributed by atoms with Crippen LogP contribution in [0.2, 0.25) is 5.02 Å². The molecule has 1 unspecified atom stereocenters. The number of halogens is 1. The number of sulfonamides is 1. The van der Waals surface area contributed by atoms with E-state index in [9.17, 15) is 8.42 Å². The van der Waals surface area contributed by atoms with Gasteiger partial charge in [-0.3, -0.25) is 0 Å². The minimum Gasteiger partial charge on any atom is -0.207 e. The van der Waals surface area contributed by atoms with Crippen LogP contribution in [0.5, 0.6) is 0 Å². The Kier molecular flexibility index (Phi) is 5.52.